The van der Waals surface area contributed by atoms with Gasteiger partial charge in [0.05, 0.1) is 0 Å². The van der Waals surface area contributed by atoms with Crippen molar-refractivity contribution in [2.75, 3.05) is 5.73 Å². The zero-order chi connectivity index (χ0) is 13.0. The first kappa shape index (κ1) is 12.7. The molecular weight excluding hydrogens is 218 g/mol. The molecule has 0 saturated carbocycles. The van der Waals surface area contributed by atoms with Crippen LogP contribution in [-0.4, -0.2) is 0 Å². The summed E-state index contributed by atoms with van der Waals surface area (Å²) in [6.45, 7) is 4.43. The second-order valence-corrected chi connectivity index (χ2v) is 5.20. The van der Waals surface area contributed by atoms with E-state index in [9.17, 15) is 0 Å². The van der Waals surface area contributed by atoms with Gasteiger partial charge in [-0.05, 0) is 42.9 Å². The number of rotatable bonds is 4. The minimum absolute atomic E-state index is 0.608. The monoisotopic (exact) mass is 239 g/mol. The number of aryl methyl sites for hydroxylation is 1. The van der Waals surface area contributed by atoms with Crippen molar-refractivity contribution in [2.24, 2.45) is 5.92 Å². The molecule has 2 rings (SSSR count). The third kappa shape index (κ3) is 3.36. The van der Waals surface area contributed by atoms with Gasteiger partial charge in [0.25, 0.3) is 0 Å². The summed E-state index contributed by atoms with van der Waals surface area (Å²) < 4.78 is 0. The first-order valence-corrected chi connectivity index (χ1v) is 6.54. The molecule has 0 amide bonds. The molecule has 0 aliphatic carbocycles. The molecule has 0 radical (unpaired) electrons. The Morgan fingerprint density at radius 3 is 2.50 bits per heavy atom. The minimum atomic E-state index is 0.608. The summed E-state index contributed by atoms with van der Waals surface area (Å²) in [4.78, 5) is 0. The van der Waals surface area contributed by atoms with Gasteiger partial charge >= 0.3 is 0 Å². The van der Waals surface area contributed by atoms with Crippen LogP contribution < -0.4 is 5.73 Å². The molecule has 18 heavy (non-hydrogen) atoms. The number of benzene rings is 2. The number of para-hydroxylation sites is 1. The van der Waals surface area contributed by atoms with E-state index in [1.54, 1.807) is 0 Å². The van der Waals surface area contributed by atoms with Crippen LogP contribution in [0.25, 0.3) is 0 Å². The van der Waals surface area contributed by atoms with Gasteiger partial charge in [-0.3, -0.25) is 0 Å². The molecule has 0 aromatic heterocycles. The van der Waals surface area contributed by atoms with Crippen molar-refractivity contribution in [1.82, 2.24) is 0 Å². The topological polar surface area (TPSA) is 26.0 Å². The standard InChI is InChI=1S/C17H21N/c1-13-6-5-7-15(10-13)11-14(2)12-16-8-3-4-9-17(16)18/h3-10,14H,11-12,18H2,1-2H3. The highest BCUT2D eigenvalue weighted by atomic mass is 14.6. The summed E-state index contributed by atoms with van der Waals surface area (Å²) in [5, 5.41) is 0. The van der Waals surface area contributed by atoms with Crippen molar-refractivity contribution < 1.29 is 0 Å². The van der Waals surface area contributed by atoms with Gasteiger partial charge < -0.3 is 5.73 Å². The van der Waals surface area contributed by atoms with Crippen LogP contribution in [-0.2, 0) is 12.8 Å². The first-order chi connectivity index (χ1) is 8.65. The molecule has 2 aromatic rings. The van der Waals surface area contributed by atoms with E-state index in [1.807, 2.05) is 12.1 Å². The molecule has 1 atom stereocenters. The maximum Gasteiger partial charge on any atom is 0.0346 e. The van der Waals surface area contributed by atoms with E-state index in [4.69, 9.17) is 5.73 Å². The predicted octanol–water partition coefficient (Wildman–Crippen LogP) is 4.00. The van der Waals surface area contributed by atoms with E-state index in [0.29, 0.717) is 5.92 Å². The van der Waals surface area contributed by atoms with Gasteiger partial charge in [0.1, 0.15) is 0 Å². The Labute approximate surface area is 110 Å². The molecular formula is C17H21N. The van der Waals surface area contributed by atoms with Gasteiger partial charge in [0.15, 0.2) is 0 Å². The van der Waals surface area contributed by atoms with Crippen LogP contribution in [0.2, 0.25) is 0 Å². The molecule has 1 unspecified atom stereocenters. The zero-order valence-electron chi connectivity index (χ0n) is 11.2. The van der Waals surface area contributed by atoms with Crippen molar-refractivity contribution >= 4 is 5.69 Å². The summed E-state index contributed by atoms with van der Waals surface area (Å²) in [6.07, 6.45) is 2.15. The third-order valence-corrected chi connectivity index (χ3v) is 3.29. The maximum atomic E-state index is 5.99. The molecule has 0 bridgehead atoms. The lowest BCUT2D eigenvalue weighted by molar-refractivity contribution is 0.578. The number of nitrogens with two attached hydrogens (primary N) is 1. The summed E-state index contributed by atoms with van der Waals surface area (Å²) in [5.41, 5.74) is 10.9. The third-order valence-electron chi connectivity index (χ3n) is 3.29. The van der Waals surface area contributed by atoms with Crippen LogP contribution in [0.5, 0.6) is 0 Å². The Balaban J connectivity index is 2.01. The number of anilines is 1. The molecule has 0 heterocycles. The van der Waals surface area contributed by atoms with E-state index in [2.05, 4.69) is 50.2 Å². The van der Waals surface area contributed by atoms with Gasteiger partial charge in [-0.25, -0.2) is 0 Å². The van der Waals surface area contributed by atoms with E-state index >= 15 is 0 Å². The zero-order valence-corrected chi connectivity index (χ0v) is 11.2. The molecule has 2 N–H and O–H groups in total. The molecule has 94 valence electrons. The molecule has 2 aromatic carbocycles. The van der Waals surface area contributed by atoms with Crippen LogP contribution in [0.4, 0.5) is 5.69 Å². The molecule has 0 aliphatic rings. The van der Waals surface area contributed by atoms with Crippen molar-refractivity contribution in [3.8, 4) is 0 Å². The van der Waals surface area contributed by atoms with Crippen LogP contribution in [0.1, 0.15) is 23.6 Å². The van der Waals surface area contributed by atoms with Gasteiger partial charge in [-0.15, -0.1) is 0 Å². The summed E-state index contributed by atoms with van der Waals surface area (Å²) in [6, 6.07) is 16.9. The van der Waals surface area contributed by atoms with Crippen molar-refractivity contribution in [1.29, 1.82) is 0 Å². The Morgan fingerprint density at radius 1 is 1.00 bits per heavy atom. The molecule has 0 aliphatic heterocycles. The van der Waals surface area contributed by atoms with Gasteiger partial charge in [-0.1, -0.05) is 55.0 Å². The number of nitrogen functional groups attached to an aromatic ring is 1. The predicted molar refractivity (Wildman–Crippen MR) is 78.6 cm³/mol. The Kier molecular flexibility index (Phi) is 4.03. The number of hydrogen-bond acceptors (Lipinski definition) is 1. The summed E-state index contributed by atoms with van der Waals surface area (Å²) >= 11 is 0. The highest BCUT2D eigenvalue weighted by Crippen LogP contribution is 2.19. The molecule has 1 heteroatoms. The molecule has 0 fully saturated rings. The van der Waals surface area contributed by atoms with Crippen LogP contribution >= 0.6 is 0 Å². The maximum absolute atomic E-state index is 5.99. The Morgan fingerprint density at radius 2 is 1.78 bits per heavy atom. The summed E-state index contributed by atoms with van der Waals surface area (Å²) in [7, 11) is 0. The van der Waals surface area contributed by atoms with Crippen molar-refractivity contribution in [3.63, 3.8) is 0 Å². The van der Waals surface area contributed by atoms with E-state index in [1.165, 1.54) is 16.7 Å². The highest BCUT2D eigenvalue weighted by molar-refractivity contribution is 5.46. The summed E-state index contributed by atoms with van der Waals surface area (Å²) in [5.74, 6) is 0.608. The fourth-order valence-electron chi connectivity index (χ4n) is 2.41. The minimum Gasteiger partial charge on any atom is -0.399 e. The van der Waals surface area contributed by atoms with Crippen LogP contribution in [0.15, 0.2) is 48.5 Å². The highest BCUT2D eigenvalue weighted by Gasteiger charge is 2.07. The molecule has 0 spiro atoms. The van der Waals surface area contributed by atoms with E-state index in [0.717, 1.165) is 18.5 Å². The van der Waals surface area contributed by atoms with Crippen LogP contribution in [0.3, 0.4) is 0 Å². The lowest BCUT2D eigenvalue weighted by Crippen LogP contribution is -2.06. The number of hydrogen-bond donors (Lipinski definition) is 1. The molecule has 0 saturated heterocycles. The normalized spacial score (nSPS) is 12.3. The smallest absolute Gasteiger partial charge is 0.0346 e. The van der Waals surface area contributed by atoms with Crippen molar-refractivity contribution in [3.05, 3.63) is 65.2 Å². The average molecular weight is 239 g/mol. The average Bonchev–Trinajstić information content (AvgIpc) is 2.32. The largest absolute Gasteiger partial charge is 0.399 e. The van der Waals surface area contributed by atoms with E-state index < -0.39 is 0 Å². The SMILES string of the molecule is Cc1cccc(CC(C)Cc2ccccc2N)c1. The van der Waals surface area contributed by atoms with Crippen LogP contribution in [0, 0.1) is 12.8 Å². The lowest BCUT2D eigenvalue weighted by Gasteiger charge is -2.13. The van der Waals surface area contributed by atoms with E-state index in [-0.39, 0.29) is 0 Å². The fraction of sp³-hybridized carbons (Fsp3) is 0.294. The van der Waals surface area contributed by atoms with Crippen molar-refractivity contribution in [2.45, 2.75) is 26.7 Å². The first-order valence-electron chi connectivity index (χ1n) is 6.54. The van der Waals surface area contributed by atoms with Gasteiger partial charge in [0, 0.05) is 5.69 Å². The lowest BCUT2D eigenvalue weighted by atomic mass is 9.93. The quantitative estimate of drug-likeness (QED) is 0.802. The van der Waals surface area contributed by atoms with Gasteiger partial charge in [0.2, 0.25) is 0 Å². The second-order valence-electron chi connectivity index (χ2n) is 5.20. The second kappa shape index (κ2) is 5.72. The molecule has 1 nitrogen and oxygen atoms in total. The fourth-order valence-corrected chi connectivity index (χ4v) is 2.41. The Bertz CT molecular complexity index is 517. The Hall–Kier alpha value is -1.76. The van der Waals surface area contributed by atoms with Gasteiger partial charge in [-0.2, -0.15) is 0 Å².